The van der Waals surface area contributed by atoms with E-state index in [0.717, 1.165) is 16.9 Å². The molecule has 0 spiro atoms. The minimum Gasteiger partial charge on any atom is -0.497 e. The number of amides is 1. The van der Waals surface area contributed by atoms with E-state index in [0.29, 0.717) is 19.4 Å². The molecule has 5 nitrogen and oxygen atoms in total. The maximum atomic E-state index is 13.2. The van der Waals surface area contributed by atoms with E-state index in [4.69, 9.17) is 4.74 Å². The summed E-state index contributed by atoms with van der Waals surface area (Å²) in [6, 6.07) is 17.2. The summed E-state index contributed by atoms with van der Waals surface area (Å²) in [4.78, 5) is 14.9. The second-order valence-corrected chi connectivity index (χ2v) is 9.67. The largest absolute Gasteiger partial charge is 0.497 e. The molecule has 0 saturated carbocycles. The van der Waals surface area contributed by atoms with Crippen molar-refractivity contribution in [2.75, 3.05) is 18.6 Å². The lowest BCUT2D eigenvalue weighted by atomic mass is 9.96. The van der Waals surface area contributed by atoms with Crippen LogP contribution in [0.2, 0.25) is 0 Å². The van der Waals surface area contributed by atoms with Crippen LogP contribution in [0.15, 0.2) is 54.6 Å². The van der Waals surface area contributed by atoms with Gasteiger partial charge in [-0.05, 0) is 35.6 Å². The molecule has 3 rings (SSSR count). The standard InChI is InChI=1S/C22H27NO4S/c1-17(19-6-4-3-5-7-19)14-22(24)23(20-12-13-28(25,26)16-20)15-18-8-10-21(27-2)11-9-18/h3-11,17,20H,12-16H2,1-2H3. The summed E-state index contributed by atoms with van der Waals surface area (Å²) in [5.74, 6) is 1.02. The lowest BCUT2D eigenvalue weighted by Gasteiger charge is -2.30. The quantitative estimate of drug-likeness (QED) is 0.713. The molecule has 1 amide bonds. The molecule has 2 aromatic carbocycles. The Labute approximate surface area is 167 Å². The minimum atomic E-state index is -3.07. The molecular formula is C22H27NO4S. The Morgan fingerprint density at radius 3 is 2.39 bits per heavy atom. The lowest BCUT2D eigenvalue weighted by molar-refractivity contribution is -0.134. The highest BCUT2D eigenvalue weighted by Gasteiger charge is 2.35. The van der Waals surface area contributed by atoms with Gasteiger partial charge in [0.15, 0.2) is 9.84 Å². The monoisotopic (exact) mass is 401 g/mol. The highest BCUT2D eigenvalue weighted by molar-refractivity contribution is 7.91. The average molecular weight is 402 g/mol. The van der Waals surface area contributed by atoms with Gasteiger partial charge in [0.05, 0.1) is 18.6 Å². The maximum Gasteiger partial charge on any atom is 0.223 e. The van der Waals surface area contributed by atoms with Crippen molar-refractivity contribution in [2.45, 2.75) is 38.3 Å². The first-order chi connectivity index (χ1) is 13.4. The molecule has 0 aliphatic carbocycles. The summed E-state index contributed by atoms with van der Waals surface area (Å²) in [6.45, 7) is 2.44. The van der Waals surface area contributed by atoms with Crippen molar-refractivity contribution in [2.24, 2.45) is 0 Å². The van der Waals surface area contributed by atoms with Crippen molar-refractivity contribution < 1.29 is 17.9 Å². The molecule has 2 aromatic rings. The highest BCUT2D eigenvalue weighted by atomic mass is 32.2. The summed E-state index contributed by atoms with van der Waals surface area (Å²) < 4.78 is 29.2. The van der Waals surface area contributed by atoms with Gasteiger partial charge in [0, 0.05) is 19.0 Å². The van der Waals surface area contributed by atoms with Crippen LogP contribution in [-0.4, -0.2) is 43.9 Å². The van der Waals surface area contributed by atoms with E-state index < -0.39 is 9.84 Å². The molecule has 2 atom stereocenters. The van der Waals surface area contributed by atoms with Gasteiger partial charge < -0.3 is 9.64 Å². The third kappa shape index (κ3) is 5.13. The lowest BCUT2D eigenvalue weighted by Crippen LogP contribution is -2.41. The van der Waals surface area contributed by atoms with Gasteiger partial charge in [-0.1, -0.05) is 49.4 Å². The zero-order valence-corrected chi connectivity index (χ0v) is 17.2. The number of methoxy groups -OCH3 is 1. The van der Waals surface area contributed by atoms with Gasteiger partial charge in [-0.25, -0.2) is 8.42 Å². The maximum absolute atomic E-state index is 13.2. The predicted molar refractivity (Wildman–Crippen MR) is 110 cm³/mol. The number of ether oxygens (including phenoxy) is 1. The Bertz CT molecular complexity index is 894. The van der Waals surface area contributed by atoms with E-state index in [1.165, 1.54) is 0 Å². The number of hydrogen-bond acceptors (Lipinski definition) is 4. The fourth-order valence-electron chi connectivity index (χ4n) is 3.65. The highest BCUT2D eigenvalue weighted by Crippen LogP contribution is 2.25. The van der Waals surface area contributed by atoms with Gasteiger partial charge in [-0.15, -0.1) is 0 Å². The van der Waals surface area contributed by atoms with E-state index >= 15 is 0 Å². The summed E-state index contributed by atoms with van der Waals surface area (Å²) in [7, 11) is -1.46. The normalized spacial score (nSPS) is 19.1. The molecule has 6 heteroatoms. The Morgan fingerprint density at radius 2 is 1.82 bits per heavy atom. The summed E-state index contributed by atoms with van der Waals surface area (Å²) in [5, 5.41) is 0. The van der Waals surface area contributed by atoms with Crippen LogP contribution in [0, 0.1) is 0 Å². The first-order valence-corrected chi connectivity index (χ1v) is 11.4. The third-order valence-corrected chi connectivity index (χ3v) is 7.08. The van der Waals surface area contributed by atoms with Crippen molar-refractivity contribution in [1.82, 2.24) is 4.90 Å². The fraction of sp³-hybridized carbons (Fsp3) is 0.409. The number of benzene rings is 2. The topological polar surface area (TPSA) is 63.7 Å². The molecule has 0 bridgehead atoms. The van der Waals surface area contributed by atoms with Crippen LogP contribution >= 0.6 is 0 Å². The molecule has 2 unspecified atom stereocenters. The molecule has 0 aromatic heterocycles. The molecule has 0 radical (unpaired) electrons. The molecule has 1 aliphatic rings. The van der Waals surface area contributed by atoms with E-state index in [-0.39, 0.29) is 29.4 Å². The molecule has 1 aliphatic heterocycles. The van der Waals surface area contributed by atoms with Crippen molar-refractivity contribution in [3.63, 3.8) is 0 Å². The number of nitrogens with zero attached hydrogens (tertiary/aromatic N) is 1. The fourth-order valence-corrected chi connectivity index (χ4v) is 5.38. The molecule has 150 valence electrons. The van der Waals surface area contributed by atoms with Gasteiger partial charge >= 0.3 is 0 Å². The number of carbonyl (C=O) groups is 1. The van der Waals surface area contributed by atoms with E-state index in [2.05, 4.69) is 0 Å². The number of carbonyl (C=O) groups excluding carboxylic acids is 1. The Kier molecular flexibility index (Phi) is 6.39. The van der Waals surface area contributed by atoms with Gasteiger partial charge in [0.2, 0.25) is 5.91 Å². The Morgan fingerprint density at radius 1 is 1.14 bits per heavy atom. The van der Waals surface area contributed by atoms with Crippen molar-refractivity contribution in [1.29, 1.82) is 0 Å². The molecule has 28 heavy (non-hydrogen) atoms. The van der Waals surface area contributed by atoms with Crippen LogP contribution < -0.4 is 4.74 Å². The van der Waals surface area contributed by atoms with Crippen LogP contribution in [0.4, 0.5) is 0 Å². The van der Waals surface area contributed by atoms with E-state index in [1.807, 2.05) is 61.5 Å². The zero-order chi connectivity index (χ0) is 20.1. The van der Waals surface area contributed by atoms with Gasteiger partial charge in [0.25, 0.3) is 0 Å². The van der Waals surface area contributed by atoms with Gasteiger partial charge in [-0.3, -0.25) is 4.79 Å². The molecular weight excluding hydrogens is 374 g/mol. The van der Waals surface area contributed by atoms with Gasteiger partial charge in [0.1, 0.15) is 5.75 Å². The van der Waals surface area contributed by atoms with E-state index in [9.17, 15) is 13.2 Å². The Balaban J connectivity index is 1.77. The van der Waals surface area contributed by atoms with E-state index in [1.54, 1.807) is 12.0 Å². The first-order valence-electron chi connectivity index (χ1n) is 9.56. The van der Waals surface area contributed by atoms with Gasteiger partial charge in [-0.2, -0.15) is 0 Å². The Hall–Kier alpha value is -2.34. The zero-order valence-electron chi connectivity index (χ0n) is 16.4. The molecule has 0 N–H and O–H groups in total. The molecule has 1 saturated heterocycles. The SMILES string of the molecule is COc1ccc(CN(C(=O)CC(C)c2ccccc2)C2CCS(=O)(=O)C2)cc1. The minimum absolute atomic E-state index is 0.00530. The first kappa shape index (κ1) is 20.4. The van der Waals surface area contributed by atoms with Crippen LogP contribution in [0.1, 0.15) is 36.8 Å². The molecule has 1 heterocycles. The number of hydrogen-bond donors (Lipinski definition) is 0. The second kappa shape index (κ2) is 8.78. The smallest absolute Gasteiger partial charge is 0.223 e. The van der Waals surface area contributed by atoms with Crippen LogP contribution in [0.3, 0.4) is 0 Å². The summed E-state index contributed by atoms with van der Waals surface area (Å²) >= 11 is 0. The predicted octanol–water partition coefficient (Wildman–Crippen LogP) is 3.40. The number of rotatable bonds is 7. The third-order valence-electron chi connectivity index (χ3n) is 5.33. The number of sulfone groups is 1. The van der Waals surface area contributed by atoms with Crippen molar-refractivity contribution in [3.05, 3.63) is 65.7 Å². The van der Waals surface area contributed by atoms with Crippen molar-refractivity contribution >= 4 is 15.7 Å². The summed E-state index contributed by atoms with van der Waals surface area (Å²) in [5.41, 5.74) is 2.07. The van der Waals surface area contributed by atoms with Crippen LogP contribution in [0.25, 0.3) is 0 Å². The second-order valence-electron chi connectivity index (χ2n) is 7.44. The van der Waals surface area contributed by atoms with Crippen LogP contribution in [-0.2, 0) is 21.2 Å². The summed E-state index contributed by atoms with van der Waals surface area (Å²) in [6.07, 6.45) is 0.862. The molecule has 1 fully saturated rings. The average Bonchev–Trinajstić information content (AvgIpc) is 3.06. The van der Waals surface area contributed by atoms with Crippen molar-refractivity contribution in [3.8, 4) is 5.75 Å². The van der Waals surface area contributed by atoms with Crippen LogP contribution in [0.5, 0.6) is 5.75 Å².